The van der Waals surface area contributed by atoms with Crippen LogP contribution >= 0.6 is 0 Å². The summed E-state index contributed by atoms with van der Waals surface area (Å²) in [6.45, 7) is 6.12. The summed E-state index contributed by atoms with van der Waals surface area (Å²) < 4.78 is 0. The van der Waals surface area contributed by atoms with Gasteiger partial charge in [0.2, 0.25) is 5.91 Å². The maximum Gasteiger partial charge on any atom is 0.226 e. The van der Waals surface area contributed by atoms with Gasteiger partial charge in [0.25, 0.3) is 0 Å². The normalized spacial score (nSPS) is 11.4. The van der Waals surface area contributed by atoms with E-state index in [1.54, 1.807) is 25.8 Å². The van der Waals surface area contributed by atoms with Crippen molar-refractivity contribution in [1.29, 1.82) is 0 Å². The average molecular weight is 249 g/mol. The number of nitrogens with zero attached hydrogens (tertiary/aromatic N) is 1. The molecule has 0 saturated heterocycles. The Morgan fingerprint density at radius 3 is 2.33 bits per heavy atom. The van der Waals surface area contributed by atoms with E-state index < -0.39 is 5.60 Å². The van der Waals surface area contributed by atoms with Gasteiger partial charge in [-0.2, -0.15) is 0 Å². The van der Waals surface area contributed by atoms with E-state index in [1.165, 1.54) is 5.56 Å². The largest absolute Gasteiger partial charge is 0.390 e. The van der Waals surface area contributed by atoms with Crippen molar-refractivity contribution in [1.82, 2.24) is 4.90 Å². The predicted octanol–water partition coefficient (Wildman–Crippen LogP) is 2.16. The van der Waals surface area contributed by atoms with E-state index in [-0.39, 0.29) is 5.91 Å². The van der Waals surface area contributed by atoms with Gasteiger partial charge in [-0.1, -0.05) is 29.8 Å². The molecular formula is C15H23NO2. The first-order valence-corrected chi connectivity index (χ1v) is 6.30. The summed E-state index contributed by atoms with van der Waals surface area (Å²) in [7, 11) is 1.78. The first-order valence-electron chi connectivity index (χ1n) is 6.30. The van der Waals surface area contributed by atoms with Crippen LogP contribution in [0.3, 0.4) is 0 Å². The number of hydrogen-bond acceptors (Lipinski definition) is 2. The van der Waals surface area contributed by atoms with Gasteiger partial charge in [0.1, 0.15) is 0 Å². The van der Waals surface area contributed by atoms with E-state index in [2.05, 4.69) is 0 Å². The van der Waals surface area contributed by atoms with Crippen molar-refractivity contribution in [2.75, 3.05) is 13.6 Å². The number of benzene rings is 1. The van der Waals surface area contributed by atoms with Gasteiger partial charge < -0.3 is 10.0 Å². The quantitative estimate of drug-likeness (QED) is 0.868. The summed E-state index contributed by atoms with van der Waals surface area (Å²) in [6, 6.07) is 7.99. The molecule has 1 N–H and O–H groups in total. The number of hydrogen-bond donors (Lipinski definition) is 1. The molecule has 0 unspecified atom stereocenters. The molecule has 0 atom stereocenters. The lowest BCUT2D eigenvalue weighted by molar-refractivity contribution is -0.129. The van der Waals surface area contributed by atoms with Gasteiger partial charge in [-0.15, -0.1) is 0 Å². The second-order valence-electron chi connectivity index (χ2n) is 5.54. The summed E-state index contributed by atoms with van der Waals surface area (Å²) in [6.07, 6.45) is 1.01. The fourth-order valence-electron chi connectivity index (χ4n) is 1.58. The minimum Gasteiger partial charge on any atom is -0.390 e. The molecule has 0 aliphatic heterocycles. The zero-order chi connectivity index (χ0) is 13.8. The average Bonchev–Trinajstić information content (AvgIpc) is 2.28. The van der Waals surface area contributed by atoms with Crippen molar-refractivity contribution in [3.8, 4) is 0 Å². The van der Waals surface area contributed by atoms with Crippen LogP contribution in [0.15, 0.2) is 24.3 Å². The molecule has 0 fully saturated rings. The number of aryl methyl sites for hydroxylation is 1. The van der Waals surface area contributed by atoms with Crippen LogP contribution in [0.5, 0.6) is 0 Å². The highest BCUT2D eigenvalue weighted by molar-refractivity contribution is 5.78. The predicted molar refractivity (Wildman–Crippen MR) is 73.4 cm³/mol. The lowest BCUT2D eigenvalue weighted by Gasteiger charge is -2.23. The third kappa shape index (κ3) is 5.32. The zero-order valence-electron chi connectivity index (χ0n) is 11.7. The molecule has 0 bridgehead atoms. The van der Waals surface area contributed by atoms with Crippen molar-refractivity contribution < 1.29 is 9.90 Å². The van der Waals surface area contributed by atoms with Crippen LogP contribution in [-0.2, 0) is 11.2 Å². The topological polar surface area (TPSA) is 40.5 Å². The Labute approximate surface area is 109 Å². The maximum atomic E-state index is 12.0. The van der Waals surface area contributed by atoms with Crippen LogP contribution in [0.2, 0.25) is 0 Å². The first-order chi connectivity index (χ1) is 8.28. The molecule has 100 valence electrons. The fourth-order valence-corrected chi connectivity index (χ4v) is 1.58. The Morgan fingerprint density at radius 1 is 1.28 bits per heavy atom. The SMILES string of the molecule is Cc1ccc(CC(=O)N(C)CCC(C)(C)O)cc1. The number of likely N-dealkylation sites (N-methyl/N-ethyl adjacent to an activating group) is 1. The van der Waals surface area contributed by atoms with E-state index in [0.717, 1.165) is 5.56 Å². The Hall–Kier alpha value is -1.35. The van der Waals surface area contributed by atoms with Crippen molar-refractivity contribution in [3.63, 3.8) is 0 Å². The number of carbonyl (C=O) groups excluding carboxylic acids is 1. The van der Waals surface area contributed by atoms with Gasteiger partial charge in [-0.3, -0.25) is 4.79 Å². The molecule has 3 heteroatoms. The molecule has 0 spiro atoms. The molecule has 1 rings (SSSR count). The van der Waals surface area contributed by atoms with Crippen molar-refractivity contribution in [2.24, 2.45) is 0 Å². The Bertz CT molecular complexity index is 390. The van der Waals surface area contributed by atoms with E-state index in [0.29, 0.717) is 19.4 Å². The molecule has 0 aliphatic carbocycles. The van der Waals surface area contributed by atoms with Gasteiger partial charge in [0.05, 0.1) is 12.0 Å². The third-order valence-corrected chi connectivity index (χ3v) is 2.96. The highest BCUT2D eigenvalue weighted by Gasteiger charge is 2.16. The highest BCUT2D eigenvalue weighted by atomic mass is 16.3. The number of rotatable bonds is 5. The van der Waals surface area contributed by atoms with Crippen LogP contribution in [0.1, 0.15) is 31.4 Å². The highest BCUT2D eigenvalue weighted by Crippen LogP contribution is 2.09. The molecule has 0 radical (unpaired) electrons. The monoisotopic (exact) mass is 249 g/mol. The molecule has 3 nitrogen and oxygen atoms in total. The number of carbonyl (C=O) groups is 1. The van der Waals surface area contributed by atoms with Crippen molar-refractivity contribution in [3.05, 3.63) is 35.4 Å². The van der Waals surface area contributed by atoms with Crippen molar-refractivity contribution in [2.45, 2.75) is 39.2 Å². The van der Waals surface area contributed by atoms with Gasteiger partial charge in [0, 0.05) is 13.6 Å². The van der Waals surface area contributed by atoms with Crippen LogP contribution in [0.4, 0.5) is 0 Å². The van der Waals surface area contributed by atoms with Gasteiger partial charge in [-0.05, 0) is 32.8 Å². The minimum atomic E-state index is -0.724. The Balaban J connectivity index is 2.47. The van der Waals surface area contributed by atoms with Crippen molar-refractivity contribution >= 4 is 5.91 Å². The van der Waals surface area contributed by atoms with Crippen LogP contribution in [0.25, 0.3) is 0 Å². The van der Waals surface area contributed by atoms with E-state index >= 15 is 0 Å². The Kier molecular flexibility index (Phi) is 4.91. The zero-order valence-corrected chi connectivity index (χ0v) is 11.7. The molecule has 0 aliphatic rings. The molecular weight excluding hydrogens is 226 g/mol. The first kappa shape index (κ1) is 14.7. The fraction of sp³-hybridized carbons (Fsp3) is 0.533. The summed E-state index contributed by atoms with van der Waals surface area (Å²) in [4.78, 5) is 13.6. The van der Waals surface area contributed by atoms with Gasteiger partial charge in [-0.25, -0.2) is 0 Å². The molecule has 0 saturated carbocycles. The van der Waals surface area contributed by atoms with Crippen LogP contribution < -0.4 is 0 Å². The van der Waals surface area contributed by atoms with Crippen LogP contribution in [-0.4, -0.2) is 35.1 Å². The van der Waals surface area contributed by atoms with E-state index in [4.69, 9.17) is 0 Å². The summed E-state index contributed by atoms with van der Waals surface area (Å²) >= 11 is 0. The second-order valence-corrected chi connectivity index (χ2v) is 5.54. The summed E-state index contributed by atoms with van der Waals surface area (Å²) in [5, 5.41) is 9.63. The van der Waals surface area contributed by atoms with Crippen LogP contribution in [0, 0.1) is 6.92 Å². The molecule has 0 aromatic heterocycles. The Morgan fingerprint density at radius 2 is 1.83 bits per heavy atom. The summed E-state index contributed by atoms with van der Waals surface area (Å²) in [5.41, 5.74) is 1.50. The standard InChI is InChI=1S/C15H23NO2/c1-12-5-7-13(8-6-12)11-14(17)16(4)10-9-15(2,3)18/h5-8,18H,9-11H2,1-4H3. The molecule has 18 heavy (non-hydrogen) atoms. The van der Waals surface area contributed by atoms with Gasteiger partial charge >= 0.3 is 0 Å². The number of aliphatic hydroxyl groups is 1. The third-order valence-electron chi connectivity index (χ3n) is 2.96. The second kappa shape index (κ2) is 6.01. The lowest BCUT2D eigenvalue weighted by atomic mass is 10.1. The lowest BCUT2D eigenvalue weighted by Crippen LogP contribution is -2.33. The van der Waals surface area contributed by atoms with Gasteiger partial charge in [0.15, 0.2) is 0 Å². The molecule has 1 aromatic rings. The molecule has 1 aromatic carbocycles. The van der Waals surface area contributed by atoms with E-state index in [9.17, 15) is 9.90 Å². The molecule has 0 heterocycles. The minimum absolute atomic E-state index is 0.0862. The number of amides is 1. The maximum absolute atomic E-state index is 12.0. The van der Waals surface area contributed by atoms with E-state index in [1.807, 2.05) is 31.2 Å². The molecule has 1 amide bonds. The summed E-state index contributed by atoms with van der Waals surface area (Å²) in [5.74, 6) is 0.0862. The smallest absolute Gasteiger partial charge is 0.226 e.